The standard InChI is InChI=1S/2C27H27ClN4O/c2*28-21-7-5-20(6-8-21)24-19-27(24)23-3-1-2-4-25(23)32(26(27)33)18-15-30-13-16-31(17-14-30)22-9-11-29-12-10-22/h2*1-12,24H,13-19H2/t2*24-,27-/m10/s1. The molecule has 336 valence electrons. The van der Waals surface area contributed by atoms with E-state index in [4.69, 9.17) is 23.2 Å². The summed E-state index contributed by atoms with van der Waals surface area (Å²) in [7, 11) is 0. The zero-order valence-corrected chi connectivity index (χ0v) is 38.6. The van der Waals surface area contributed by atoms with Crippen molar-refractivity contribution in [3.63, 3.8) is 0 Å². The molecule has 66 heavy (non-hydrogen) atoms. The Kier molecular flexibility index (Phi) is 11.5. The van der Waals surface area contributed by atoms with Gasteiger partial charge in [-0.3, -0.25) is 29.4 Å². The Bertz CT molecular complexity index is 2510. The van der Waals surface area contributed by atoms with E-state index in [1.807, 2.05) is 71.0 Å². The van der Waals surface area contributed by atoms with Crippen LogP contribution in [-0.2, 0) is 20.4 Å². The minimum Gasteiger partial charge on any atom is -0.369 e. The third-order valence-corrected chi connectivity index (χ3v) is 15.7. The minimum absolute atomic E-state index is 0.234. The van der Waals surface area contributed by atoms with Gasteiger partial charge in [0.2, 0.25) is 11.8 Å². The predicted octanol–water partition coefficient (Wildman–Crippen LogP) is 8.66. The molecule has 6 heterocycles. The van der Waals surface area contributed by atoms with Crippen molar-refractivity contribution in [2.24, 2.45) is 0 Å². The molecular weight excluding hydrogens is 864 g/mol. The molecule has 2 spiro atoms. The van der Waals surface area contributed by atoms with Crippen molar-refractivity contribution in [3.05, 3.63) is 178 Å². The van der Waals surface area contributed by atoms with Gasteiger partial charge in [-0.15, -0.1) is 0 Å². The number of carbonyl (C=O) groups is 2. The number of hydrogen-bond donors (Lipinski definition) is 0. The third-order valence-electron chi connectivity index (χ3n) is 15.2. The quantitative estimate of drug-likeness (QED) is 0.135. The van der Waals surface area contributed by atoms with E-state index in [1.54, 1.807) is 0 Å². The van der Waals surface area contributed by atoms with Crippen molar-refractivity contribution >= 4 is 57.8 Å². The summed E-state index contributed by atoms with van der Waals surface area (Å²) in [5.41, 5.74) is 8.65. The van der Waals surface area contributed by atoms with Crippen LogP contribution < -0.4 is 19.6 Å². The average Bonchev–Trinajstić information content (AvgIpc) is 4.28. The van der Waals surface area contributed by atoms with Crippen molar-refractivity contribution in [2.75, 3.05) is 98.1 Å². The van der Waals surface area contributed by atoms with E-state index in [1.165, 1.54) is 33.6 Å². The van der Waals surface area contributed by atoms with Gasteiger partial charge < -0.3 is 19.6 Å². The number of nitrogens with zero attached hydrogens (tertiary/aromatic N) is 8. The van der Waals surface area contributed by atoms with Crippen molar-refractivity contribution < 1.29 is 9.59 Å². The number of carbonyl (C=O) groups excluding carboxylic acids is 2. The largest absolute Gasteiger partial charge is 0.369 e. The highest BCUT2D eigenvalue weighted by Crippen LogP contribution is 2.67. The van der Waals surface area contributed by atoms with Gasteiger partial charge in [-0.1, -0.05) is 83.9 Å². The maximum absolute atomic E-state index is 13.8. The number of pyridine rings is 2. The van der Waals surface area contributed by atoms with E-state index >= 15 is 0 Å². The summed E-state index contributed by atoms with van der Waals surface area (Å²) >= 11 is 12.2. The summed E-state index contributed by atoms with van der Waals surface area (Å²) in [5.74, 6) is 0.993. The van der Waals surface area contributed by atoms with Crippen molar-refractivity contribution in [2.45, 2.75) is 35.5 Å². The Hall–Kier alpha value is -5.78. The van der Waals surface area contributed by atoms with Crippen LogP contribution >= 0.6 is 23.2 Å². The second-order valence-electron chi connectivity index (χ2n) is 18.6. The van der Waals surface area contributed by atoms with E-state index < -0.39 is 10.8 Å². The number of halogens is 2. The van der Waals surface area contributed by atoms with Gasteiger partial charge in [0, 0.05) is 148 Å². The molecule has 4 fully saturated rings. The van der Waals surface area contributed by atoms with Crippen LogP contribution in [0.3, 0.4) is 0 Å². The molecule has 0 radical (unpaired) electrons. The first kappa shape index (κ1) is 42.8. The van der Waals surface area contributed by atoms with Crippen molar-refractivity contribution in [1.29, 1.82) is 0 Å². The molecule has 0 N–H and O–H groups in total. The lowest BCUT2D eigenvalue weighted by Gasteiger charge is -2.36. The fourth-order valence-corrected chi connectivity index (χ4v) is 11.6. The summed E-state index contributed by atoms with van der Waals surface area (Å²) in [6, 6.07) is 41.0. The van der Waals surface area contributed by atoms with E-state index in [2.05, 4.69) is 114 Å². The maximum atomic E-state index is 13.8. The fraction of sp³-hybridized carbons (Fsp3) is 0.333. The molecule has 4 aliphatic heterocycles. The number of rotatable bonds is 10. The smallest absolute Gasteiger partial charge is 0.238 e. The molecule has 12 rings (SSSR count). The van der Waals surface area contributed by atoms with Crippen molar-refractivity contribution in [1.82, 2.24) is 19.8 Å². The summed E-state index contributed by atoms with van der Waals surface area (Å²) in [6.07, 6.45) is 9.16. The molecule has 12 heteroatoms. The zero-order chi connectivity index (χ0) is 44.8. The fourth-order valence-electron chi connectivity index (χ4n) is 11.4. The molecule has 2 saturated heterocycles. The lowest BCUT2D eigenvalue weighted by Crippen LogP contribution is -2.49. The van der Waals surface area contributed by atoms with Crippen LogP contribution in [0, 0.1) is 0 Å². The molecule has 2 aliphatic carbocycles. The highest BCUT2D eigenvalue weighted by Gasteiger charge is 2.68. The zero-order valence-electron chi connectivity index (χ0n) is 37.1. The summed E-state index contributed by atoms with van der Waals surface area (Å²) < 4.78 is 0. The number of amides is 2. The van der Waals surface area contributed by atoms with Gasteiger partial charge in [0.15, 0.2) is 0 Å². The van der Waals surface area contributed by atoms with Gasteiger partial charge in [-0.2, -0.15) is 0 Å². The first-order valence-electron chi connectivity index (χ1n) is 23.4. The molecule has 2 amide bonds. The van der Waals surface area contributed by atoms with Crippen LogP contribution in [0.5, 0.6) is 0 Å². The molecule has 4 atom stereocenters. The average molecular weight is 918 g/mol. The molecule has 6 aromatic rings. The van der Waals surface area contributed by atoms with E-state index in [0.717, 1.165) is 113 Å². The number of para-hydroxylation sites is 2. The molecule has 2 aromatic heterocycles. The normalized spacial score (nSPS) is 24.4. The molecule has 2 saturated carbocycles. The van der Waals surface area contributed by atoms with E-state index in [0.29, 0.717) is 0 Å². The van der Waals surface area contributed by atoms with Crippen LogP contribution in [0.4, 0.5) is 22.7 Å². The van der Waals surface area contributed by atoms with Crippen molar-refractivity contribution in [3.8, 4) is 0 Å². The Balaban J connectivity index is 0.000000146. The van der Waals surface area contributed by atoms with Crippen LogP contribution in [0.2, 0.25) is 10.0 Å². The molecule has 0 bridgehead atoms. The predicted molar refractivity (Wildman–Crippen MR) is 264 cm³/mol. The number of aromatic nitrogens is 2. The van der Waals surface area contributed by atoms with E-state index in [-0.39, 0.29) is 23.7 Å². The van der Waals surface area contributed by atoms with Crippen LogP contribution in [0.25, 0.3) is 0 Å². The molecule has 10 nitrogen and oxygen atoms in total. The summed E-state index contributed by atoms with van der Waals surface area (Å²) in [6.45, 7) is 11.3. The number of piperazine rings is 2. The maximum Gasteiger partial charge on any atom is 0.238 e. The first-order chi connectivity index (χ1) is 32.3. The van der Waals surface area contributed by atoms with E-state index in [9.17, 15) is 9.59 Å². The van der Waals surface area contributed by atoms with Gasteiger partial charge in [0.25, 0.3) is 0 Å². The number of benzene rings is 4. The summed E-state index contributed by atoms with van der Waals surface area (Å²) in [4.78, 5) is 49.6. The second-order valence-corrected chi connectivity index (χ2v) is 19.4. The van der Waals surface area contributed by atoms with Gasteiger partial charge >= 0.3 is 0 Å². The topological polar surface area (TPSA) is 79.4 Å². The number of fused-ring (bicyclic) bond motifs is 4. The van der Waals surface area contributed by atoms with Crippen LogP contribution in [0.1, 0.15) is 46.9 Å². The van der Waals surface area contributed by atoms with Gasteiger partial charge in [0.1, 0.15) is 0 Å². The third kappa shape index (κ3) is 7.81. The van der Waals surface area contributed by atoms with Gasteiger partial charge in [0.05, 0.1) is 10.8 Å². The Morgan fingerprint density at radius 1 is 0.455 bits per heavy atom. The minimum atomic E-state index is -0.398. The van der Waals surface area contributed by atoms with Crippen LogP contribution in [-0.4, -0.2) is 110 Å². The number of hydrogen-bond acceptors (Lipinski definition) is 8. The summed E-state index contributed by atoms with van der Waals surface area (Å²) in [5, 5.41) is 1.47. The molecule has 4 aromatic carbocycles. The second kappa shape index (κ2) is 17.8. The molecule has 0 unspecified atom stereocenters. The SMILES string of the molecule is O=C1N(CCN2CCN(c3ccncc3)CC2)c2ccccc2[C@@]12C[C@@H]2c1ccc(Cl)cc1.O=C1N(CCN2CCN(c3ccncc3)CC2)c2ccccc2[C@]12C[C@H]2c1ccc(Cl)cc1. The van der Waals surface area contributed by atoms with Crippen LogP contribution in [0.15, 0.2) is 146 Å². The molecule has 6 aliphatic rings. The highest BCUT2D eigenvalue weighted by molar-refractivity contribution is 6.30. The highest BCUT2D eigenvalue weighted by atomic mass is 35.5. The Morgan fingerprint density at radius 2 is 0.818 bits per heavy atom. The van der Waals surface area contributed by atoms with Gasteiger partial charge in [-0.05, 0) is 95.8 Å². The lowest BCUT2D eigenvalue weighted by atomic mass is 9.92. The first-order valence-corrected chi connectivity index (χ1v) is 24.2. The Labute approximate surface area is 397 Å². The lowest BCUT2D eigenvalue weighted by molar-refractivity contribution is -0.121. The number of anilines is 4. The molecular formula is C54H54Cl2N8O2. The van der Waals surface area contributed by atoms with Gasteiger partial charge in [-0.25, -0.2) is 0 Å². The monoisotopic (exact) mass is 916 g/mol. The Morgan fingerprint density at radius 3 is 1.20 bits per heavy atom.